The van der Waals surface area contributed by atoms with Crippen LogP contribution in [0.2, 0.25) is 0 Å². The Balaban J connectivity index is 1.38. The molecular formula is C19H23BrN4O5S. The zero-order chi connectivity index (χ0) is 21.5. The molecule has 0 radical (unpaired) electrons. The fourth-order valence-corrected chi connectivity index (χ4v) is 6.73. The largest absolute Gasteiger partial charge is 0.338 e. The average Bonchev–Trinajstić information content (AvgIpc) is 3.29. The van der Waals surface area contributed by atoms with Gasteiger partial charge < -0.3 is 10.2 Å². The number of carbonyl (C=O) groups excluding carboxylic acids is 3. The van der Waals surface area contributed by atoms with Gasteiger partial charge in [0.05, 0.1) is 4.90 Å². The number of imide groups is 1. The Labute approximate surface area is 183 Å². The number of nitrogens with one attached hydrogen (secondary N) is 1. The van der Waals surface area contributed by atoms with Gasteiger partial charge in [-0.15, -0.1) is 0 Å². The van der Waals surface area contributed by atoms with Crippen molar-refractivity contribution in [3.8, 4) is 0 Å². The van der Waals surface area contributed by atoms with Crippen LogP contribution in [-0.2, 0) is 19.6 Å². The molecule has 0 atom stereocenters. The minimum atomic E-state index is -3.68. The van der Waals surface area contributed by atoms with Crippen molar-refractivity contribution in [3.63, 3.8) is 0 Å². The molecule has 1 aliphatic carbocycles. The molecule has 9 nitrogen and oxygen atoms in total. The standard InChI is InChI=1S/C19H23BrN4O5S/c20-14-5-1-2-6-15(14)30(28,29)23-11-9-22(10-12-23)16(25)13-24-17(26)19(21-18(24)27)7-3-4-8-19/h1-2,5-6H,3-4,7-13H2,(H,21,27). The topological polar surface area (TPSA) is 107 Å². The van der Waals surface area contributed by atoms with E-state index in [9.17, 15) is 22.8 Å². The number of hydrogen-bond donors (Lipinski definition) is 1. The predicted octanol–water partition coefficient (Wildman–Crippen LogP) is 1.15. The van der Waals surface area contributed by atoms with E-state index in [2.05, 4.69) is 21.2 Å². The van der Waals surface area contributed by atoms with Crippen molar-refractivity contribution in [2.75, 3.05) is 32.7 Å². The van der Waals surface area contributed by atoms with Crippen LogP contribution in [0.25, 0.3) is 0 Å². The molecule has 3 aliphatic rings. The fourth-order valence-electron chi connectivity index (χ4n) is 4.34. The summed E-state index contributed by atoms with van der Waals surface area (Å²) in [5.41, 5.74) is -0.840. The lowest BCUT2D eigenvalue weighted by Crippen LogP contribution is -2.53. The van der Waals surface area contributed by atoms with E-state index in [-0.39, 0.29) is 49.4 Å². The van der Waals surface area contributed by atoms with Crippen molar-refractivity contribution >= 4 is 43.8 Å². The predicted molar refractivity (Wildman–Crippen MR) is 111 cm³/mol. The molecule has 30 heavy (non-hydrogen) atoms. The van der Waals surface area contributed by atoms with E-state index >= 15 is 0 Å². The molecule has 2 heterocycles. The third kappa shape index (κ3) is 3.63. The summed E-state index contributed by atoms with van der Waals surface area (Å²) in [6, 6.07) is 6.08. The molecule has 0 aromatic heterocycles. The van der Waals surface area contributed by atoms with Gasteiger partial charge in [0.2, 0.25) is 15.9 Å². The minimum Gasteiger partial charge on any atom is -0.338 e. The van der Waals surface area contributed by atoms with Crippen LogP contribution in [0.3, 0.4) is 0 Å². The lowest BCUT2D eigenvalue weighted by molar-refractivity contribution is -0.139. The lowest BCUT2D eigenvalue weighted by atomic mass is 9.98. The first-order valence-electron chi connectivity index (χ1n) is 9.91. The van der Waals surface area contributed by atoms with E-state index in [1.54, 1.807) is 18.2 Å². The molecule has 11 heteroatoms. The van der Waals surface area contributed by atoms with E-state index in [0.29, 0.717) is 17.3 Å². The first kappa shape index (κ1) is 21.3. The molecule has 2 aliphatic heterocycles. The molecule has 0 bridgehead atoms. The van der Waals surface area contributed by atoms with E-state index in [4.69, 9.17) is 0 Å². The highest BCUT2D eigenvalue weighted by molar-refractivity contribution is 9.10. The number of benzene rings is 1. The highest BCUT2D eigenvalue weighted by Crippen LogP contribution is 2.35. The lowest BCUT2D eigenvalue weighted by Gasteiger charge is -2.34. The molecule has 1 saturated carbocycles. The van der Waals surface area contributed by atoms with Crippen molar-refractivity contribution in [1.29, 1.82) is 0 Å². The van der Waals surface area contributed by atoms with Crippen LogP contribution in [0.15, 0.2) is 33.6 Å². The van der Waals surface area contributed by atoms with Gasteiger partial charge in [-0.3, -0.25) is 14.5 Å². The number of carbonyl (C=O) groups is 3. The molecule has 0 unspecified atom stereocenters. The van der Waals surface area contributed by atoms with Crippen LogP contribution in [0.1, 0.15) is 25.7 Å². The highest BCUT2D eigenvalue weighted by Gasteiger charge is 2.53. The van der Waals surface area contributed by atoms with Gasteiger partial charge >= 0.3 is 6.03 Å². The zero-order valence-corrected chi connectivity index (χ0v) is 18.7. The van der Waals surface area contributed by atoms with Crippen LogP contribution >= 0.6 is 15.9 Å². The van der Waals surface area contributed by atoms with Gasteiger partial charge in [-0.25, -0.2) is 13.2 Å². The maximum absolute atomic E-state index is 12.9. The maximum atomic E-state index is 12.9. The second kappa shape index (κ2) is 7.93. The summed E-state index contributed by atoms with van der Waals surface area (Å²) in [6.45, 7) is 0.400. The number of amides is 4. The number of nitrogens with zero attached hydrogens (tertiary/aromatic N) is 3. The molecule has 4 amide bonds. The van der Waals surface area contributed by atoms with Gasteiger partial charge in [-0.1, -0.05) is 25.0 Å². The monoisotopic (exact) mass is 498 g/mol. The number of rotatable bonds is 4. The fraction of sp³-hybridized carbons (Fsp3) is 0.526. The quantitative estimate of drug-likeness (QED) is 0.626. The van der Waals surface area contributed by atoms with Gasteiger partial charge in [0.15, 0.2) is 0 Å². The Bertz CT molecular complexity index is 984. The SMILES string of the molecule is O=C(CN1C(=O)NC2(CCCC2)C1=O)N1CCN(S(=O)(=O)c2ccccc2Br)CC1. The summed E-state index contributed by atoms with van der Waals surface area (Å²) in [4.78, 5) is 40.4. The van der Waals surface area contributed by atoms with E-state index < -0.39 is 21.6 Å². The summed E-state index contributed by atoms with van der Waals surface area (Å²) >= 11 is 3.27. The van der Waals surface area contributed by atoms with Gasteiger partial charge in [0, 0.05) is 30.7 Å². The summed E-state index contributed by atoms with van der Waals surface area (Å²) in [5.74, 6) is -0.681. The van der Waals surface area contributed by atoms with Crippen molar-refractivity contribution in [2.45, 2.75) is 36.1 Å². The Hall–Kier alpha value is -1.98. The van der Waals surface area contributed by atoms with E-state index in [0.717, 1.165) is 17.7 Å². The molecule has 1 N–H and O–H groups in total. The number of sulfonamides is 1. The Morgan fingerprint density at radius 3 is 2.33 bits per heavy atom. The number of urea groups is 1. The smallest absolute Gasteiger partial charge is 0.325 e. The van der Waals surface area contributed by atoms with Crippen molar-refractivity contribution in [1.82, 2.24) is 19.4 Å². The summed E-state index contributed by atoms with van der Waals surface area (Å²) in [5, 5.41) is 2.76. The van der Waals surface area contributed by atoms with Gasteiger partial charge in [0.25, 0.3) is 5.91 Å². The maximum Gasteiger partial charge on any atom is 0.325 e. The molecular weight excluding hydrogens is 476 g/mol. The van der Waals surface area contributed by atoms with Crippen LogP contribution in [0.5, 0.6) is 0 Å². The Kier molecular flexibility index (Phi) is 5.62. The first-order valence-corrected chi connectivity index (χ1v) is 12.1. The Morgan fingerprint density at radius 1 is 1.07 bits per heavy atom. The zero-order valence-electron chi connectivity index (χ0n) is 16.3. The van der Waals surface area contributed by atoms with Gasteiger partial charge in [0.1, 0.15) is 12.1 Å². The second-order valence-electron chi connectivity index (χ2n) is 7.83. The van der Waals surface area contributed by atoms with Crippen molar-refractivity contribution in [3.05, 3.63) is 28.7 Å². The summed E-state index contributed by atoms with van der Waals surface area (Å²) in [6.07, 6.45) is 2.96. The van der Waals surface area contributed by atoms with Gasteiger partial charge in [-0.2, -0.15) is 4.31 Å². The van der Waals surface area contributed by atoms with Crippen LogP contribution in [0.4, 0.5) is 4.79 Å². The number of piperazine rings is 1. The normalized spacial score (nSPS) is 22.0. The number of hydrogen-bond acceptors (Lipinski definition) is 5. The minimum absolute atomic E-state index is 0.152. The van der Waals surface area contributed by atoms with E-state index in [1.807, 2.05) is 0 Å². The summed E-state index contributed by atoms with van der Waals surface area (Å²) in [7, 11) is -3.68. The van der Waals surface area contributed by atoms with Crippen LogP contribution in [-0.4, -0.2) is 78.6 Å². The second-order valence-corrected chi connectivity index (χ2v) is 10.6. The first-order chi connectivity index (χ1) is 14.2. The van der Waals surface area contributed by atoms with Gasteiger partial charge in [-0.05, 0) is 40.9 Å². The molecule has 4 rings (SSSR count). The third-order valence-electron chi connectivity index (χ3n) is 6.04. The average molecular weight is 499 g/mol. The molecule has 1 spiro atoms. The third-order valence-corrected chi connectivity index (χ3v) is 8.95. The molecule has 162 valence electrons. The van der Waals surface area contributed by atoms with E-state index in [1.165, 1.54) is 15.3 Å². The van der Waals surface area contributed by atoms with Crippen LogP contribution < -0.4 is 5.32 Å². The number of halogens is 1. The molecule has 3 fully saturated rings. The highest BCUT2D eigenvalue weighted by atomic mass is 79.9. The Morgan fingerprint density at radius 2 is 1.70 bits per heavy atom. The summed E-state index contributed by atoms with van der Waals surface area (Å²) < 4.78 is 27.6. The van der Waals surface area contributed by atoms with Crippen LogP contribution in [0, 0.1) is 0 Å². The molecule has 2 saturated heterocycles. The van der Waals surface area contributed by atoms with Crippen molar-refractivity contribution in [2.24, 2.45) is 0 Å². The molecule has 1 aromatic rings. The molecule has 1 aromatic carbocycles. The van der Waals surface area contributed by atoms with Crippen molar-refractivity contribution < 1.29 is 22.8 Å².